The topological polar surface area (TPSA) is 41.8 Å². The van der Waals surface area contributed by atoms with Gasteiger partial charge in [0.25, 0.3) is 0 Å². The van der Waals surface area contributed by atoms with Crippen molar-refractivity contribution in [2.24, 2.45) is 10.2 Å². The first kappa shape index (κ1) is 16.5. The SMILES string of the molecule is CC(=NN=C(C(=O)c1ccccc1)c1ccccc1)c1ccccc1. The summed E-state index contributed by atoms with van der Waals surface area (Å²) >= 11 is 0. The summed E-state index contributed by atoms with van der Waals surface area (Å²) in [6, 6.07) is 28.3. The van der Waals surface area contributed by atoms with E-state index >= 15 is 0 Å². The third kappa shape index (κ3) is 4.15. The zero-order valence-corrected chi connectivity index (χ0v) is 14.0. The molecular weight excluding hydrogens is 308 g/mol. The van der Waals surface area contributed by atoms with E-state index in [4.69, 9.17) is 0 Å². The van der Waals surface area contributed by atoms with Crippen molar-refractivity contribution in [2.45, 2.75) is 6.92 Å². The molecule has 0 aliphatic rings. The molecule has 25 heavy (non-hydrogen) atoms. The van der Waals surface area contributed by atoms with E-state index in [1.165, 1.54) is 0 Å². The lowest BCUT2D eigenvalue weighted by Crippen LogP contribution is -2.15. The minimum Gasteiger partial charge on any atom is -0.287 e. The van der Waals surface area contributed by atoms with Crippen LogP contribution in [0.15, 0.2) is 101 Å². The Hall–Kier alpha value is -3.33. The molecule has 0 unspecified atom stereocenters. The highest BCUT2D eigenvalue weighted by molar-refractivity contribution is 6.51. The van der Waals surface area contributed by atoms with Gasteiger partial charge in [0.2, 0.25) is 5.78 Å². The lowest BCUT2D eigenvalue weighted by Gasteiger charge is -2.05. The lowest BCUT2D eigenvalue weighted by atomic mass is 10.0. The standard InChI is InChI=1S/C22H18N2O/c1-17(18-11-5-2-6-12-18)23-24-21(19-13-7-3-8-14-19)22(25)20-15-9-4-10-16-20/h2-16H,1H3. The van der Waals surface area contributed by atoms with E-state index in [0.717, 1.165) is 16.8 Å². The van der Waals surface area contributed by atoms with Crippen LogP contribution in [0.25, 0.3) is 0 Å². The molecule has 0 bridgehead atoms. The van der Waals surface area contributed by atoms with Crippen molar-refractivity contribution in [1.82, 2.24) is 0 Å². The van der Waals surface area contributed by atoms with Gasteiger partial charge in [-0.2, -0.15) is 5.10 Å². The molecule has 0 saturated carbocycles. The Morgan fingerprint density at radius 2 is 1.04 bits per heavy atom. The molecule has 0 fully saturated rings. The Balaban J connectivity index is 2.01. The molecule has 0 heterocycles. The van der Waals surface area contributed by atoms with Crippen LogP contribution in [0.5, 0.6) is 0 Å². The maximum atomic E-state index is 12.9. The molecule has 0 spiro atoms. The molecule has 3 rings (SSSR count). The van der Waals surface area contributed by atoms with E-state index in [1.54, 1.807) is 12.1 Å². The third-order valence-electron chi connectivity index (χ3n) is 3.79. The monoisotopic (exact) mass is 326 g/mol. The second-order valence-electron chi connectivity index (χ2n) is 5.56. The van der Waals surface area contributed by atoms with Gasteiger partial charge in [-0.05, 0) is 12.5 Å². The zero-order valence-electron chi connectivity index (χ0n) is 14.0. The predicted octanol–water partition coefficient (Wildman–Crippen LogP) is 4.78. The van der Waals surface area contributed by atoms with E-state index < -0.39 is 0 Å². The fourth-order valence-corrected chi connectivity index (χ4v) is 2.42. The number of nitrogens with zero attached hydrogens (tertiary/aromatic N) is 2. The van der Waals surface area contributed by atoms with Crippen LogP contribution in [-0.4, -0.2) is 17.2 Å². The summed E-state index contributed by atoms with van der Waals surface area (Å²) in [7, 11) is 0. The minimum atomic E-state index is -0.142. The number of hydrogen-bond donors (Lipinski definition) is 0. The van der Waals surface area contributed by atoms with Crippen molar-refractivity contribution in [1.29, 1.82) is 0 Å². The van der Waals surface area contributed by atoms with Crippen LogP contribution in [0.4, 0.5) is 0 Å². The summed E-state index contributed by atoms with van der Waals surface area (Å²) in [6.07, 6.45) is 0. The molecule has 3 aromatic rings. The highest BCUT2D eigenvalue weighted by atomic mass is 16.1. The summed E-state index contributed by atoms with van der Waals surface area (Å²) in [5.41, 5.74) is 3.42. The van der Waals surface area contributed by atoms with Crippen LogP contribution < -0.4 is 0 Å². The average molecular weight is 326 g/mol. The summed E-state index contributed by atoms with van der Waals surface area (Å²) in [6.45, 7) is 1.88. The average Bonchev–Trinajstić information content (AvgIpc) is 2.70. The van der Waals surface area contributed by atoms with Gasteiger partial charge in [-0.1, -0.05) is 91.0 Å². The summed E-state index contributed by atoms with van der Waals surface area (Å²) in [5.74, 6) is -0.142. The molecule has 0 aliphatic heterocycles. The first-order chi connectivity index (χ1) is 12.3. The number of ketones is 1. The fourth-order valence-electron chi connectivity index (χ4n) is 2.42. The minimum absolute atomic E-state index is 0.142. The van der Waals surface area contributed by atoms with Gasteiger partial charge >= 0.3 is 0 Å². The Morgan fingerprint density at radius 1 is 0.600 bits per heavy atom. The van der Waals surface area contributed by atoms with Crippen LogP contribution in [0.3, 0.4) is 0 Å². The number of hydrogen-bond acceptors (Lipinski definition) is 3. The van der Waals surface area contributed by atoms with E-state index in [1.807, 2.05) is 85.8 Å². The summed E-state index contributed by atoms with van der Waals surface area (Å²) < 4.78 is 0. The van der Waals surface area contributed by atoms with Crippen LogP contribution in [-0.2, 0) is 0 Å². The second-order valence-corrected chi connectivity index (χ2v) is 5.56. The molecule has 0 atom stereocenters. The molecule has 0 aliphatic carbocycles. The number of Topliss-reactive ketones (excluding diaryl/α,β-unsaturated/α-hetero) is 1. The summed E-state index contributed by atoms with van der Waals surface area (Å²) in [4.78, 5) is 12.9. The Labute approximate surface area is 147 Å². The Kier molecular flexibility index (Phi) is 5.27. The van der Waals surface area contributed by atoms with Crippen LogP contribution in [0.1, 0.15) is 28.4 Å². The highest BCUT2D eigenvalue weighted by Gasteiger charge is 2.16. The third-order valence-corrected chi connectivity index (χ3v) is 3.79. The van der Waals surface area contributed by atoms with E-state index in [2.05, 4.69) is 10.2 Å². The quantitative estimate of drug-likeness (QED) is 0.378. The number of benzene rings is 3. The molecule has 3 heteroatoms. The van der Waals surface area contributed by atoms with Gasteiger partial charge in [0.05, 0.1) is 5.71 Å². The maximum absolute atomic E-state index is 12.9. The van der Waals surface area contributed by atoms with Gasteiger partial charge < -0.3 is 0 Å². The van der Waals surface area contributed by atoms with Crippen LogP contribution >= 0.6 is 0 Å². The molecule has 0 aromatic heterocycles. The molecule has 3 nitrogen and oxygen atoms in total. The molecular formula is C22H18N2O. The zero-order chi connectivity index (χ0) is 17.5. The second kappa shape index (κ2) is 7.97. The van der Waals surface area contributed by atoms with Gasteiger partial charge in [0.1, 0.15) is 5.71 Å². The molecule has 122 valence electrons. The highest BCUT2D eigenvalue weighted by Crippen LogP contribution is 2.10. The molecule has 3 aromatic carbocycles. The molecule has 0 N–H and O–H groups in total. The van der Waals surface area contributed by atoms with Crippen LogP contribution in [0.2, 0.25) is 0 Å². The fraction of sp³-hybridized carbons (Fsp3) is 0.0455. The van der Waals surface area contributed by atoms with Gasteiger partial charge in [0, 0.05) is 11.1 Å². The van der Waals surface area contributed by atoms with E-state index in [9.17, 15) is 4.79 Å². The number of carbonyl (C=O) groups excluding carboxylic acids is 1. The van der Waals surface area contributed by atoms with Crippen molar-refractivity contribution in [2.75, 3.05) is 0 Å². The normalized spacial score (nSPS) is 12.0. The summed E-state index contributed by atoms with van der Waals surface area (Å²) in [5, 5.41) is 8.60. The maximum Gasteiger partial charge on any atom is 0.213 e. The van der Waals surface area contributed by atoms with Crippen molar-refractivity contribution in [3.63, 3.8) is 0 Å². The van der Waals surface area contributed by atoms with Gasteiger partial charge in [-0.15, -0.1) is 5.10 Å². The number of rotatable bonds is 5. The molecule has 0 saturated heterocycles. The van der Waals surface area contributed by atoms with Crippen molar-refractivity contribution in [3.8, 4) is 0 Å². The predicted molar refractivity (Wildman–Crippen MR) is 102 cm³/mol. The van der Waals surface area contributed by atoms with Gasteiger partial charge in [0.15, 0.2) is 0 Å². The first-order valence-electron chi connectivity index (χ1n) is 8.08. The Bertz CT molecular complexity index is 899. The molecule has 0 radical (unpaired) electrons. The smallest absolute Gasteiger partial charge is 0.213 e. The van der Waals surface area contributed by atoms with Gasteiger partial charge in [-0.25, -0.2) is 0 Å². The van der Waals surface area contributed by atoms with Crippen LogP contribution in [0, 0.1) is 0 Å². The van der Waals surface area contributed by atoms with E-state index in [-0.39, 0.29) is 5.78 Å². The lowest BCUT2D eigenvalue weighted by molar-refractivity contribution is 0.106. The molecule has 0 amide bonds. The number of carbonyl (C=O) groups is 1. The van der Waals surface area contributed by atoms with E-state index in [0.29, 0.717) is 11.3 Å². The Morgan fingerprint density at radius 3 is 1.56 bits per heavy atom. The van der Waals surface area contributed by atoms with Gasteiger partial charge in [-0.3, -0.25) is 4.79 Å². The van der Waals surface area contributed by atoms with Crippen molar-refractivity contribution < 1.29 is 4.79 Å². The first-order valence-corrected chi connectivity index (χ1v) is 8.08. The van der Waals surface area contributed by atoms with Crippen molar-refractivity contribution in [3.05, 3.63) is 108 Å². The van der Waals surface area contributed by atoms with Crippen molar-refractivity contribution >= 4 is 17.2 Å². The largest absolute Gasteiger partial charge is 0.287 e.